The zero-order valence-corrected chi connectivity index (χ0v) is 51.4. The number of esters is 3. The Kier molecular flexibility index (Phi) is 62.7. The molecule has 0 N–H and O–H groups in total. The molecule has 78 heavy (non-hydrogen) atoms. The van der Waals surface area contributed by atoms with Gasteiger partial charge in [0.25, 0.3) is 0 Å². The van der Waals surface area contributed by atoms with E-state index in [0.29, 0.717) is 19.3 Å². The lowest BCUT2D eigenvalue weighted by Crippen LogP contribution is -2.30. The van der Waals surface area contributed by atoms with Gasteiger partial charge in [0.15, 0.2) is 6.10 Å². The number of allylic oxidation sites excluding steroid dienone is 16. The number of carbonyl (C=O) groups excluding carboxylic acids is 3. The summed E-state index contributed by atoms with van der Waals surface area (Å²) in [6, 6.07) is 0. The van der Waals surface area contributed by atoms with Crippen LogP contribution in [0.25, 0.3) is 0 Å². The van der Waals surface area contributed by atoms with Crippen molar-refractivity contribution < 1.29 is 28.6 Å². The summed E-state index contributed by atoms with van der Waals surface area (Å²) in [5, 5.41) is 0. The van der Waals surface area contributed by atoms with Crippen LogP contribution in [-0.2, 0) is 28.6 Å². The Morgan fingerprint density at radius 2 is 0.500 bits per heavy atom. The van der Waals surface area contributed by atoms with E-state index in [1.807, 2.05) is 0 Å². The van der Waals surface area contributed by atoms with Gasteiger partial charge >= 0.3 is 17.9 Å². The van der Waals surface area contributed by atoms with Gasteiger partial charge in [-0.25, -0.2) is 0 Å². The first kappa shape index (κ1) is 74.3. The highest BCUT2D eigenvalue weighted by Crippen LogP contribution is 2.16. The molecule has 0 fully saturated rings. The van der Waals surface area contributed by atoms with Crippen molar-refractivity contribution in [2.45, 2.75) is 329 Å². The summed E-state index contributed by atoms with van der Waals surface area (Å²) in [5.74, 6) is -0.939. The molecule has 0 aliphatic carbocycles. The summed E-state index contributed by atoms with van der Waals surface area (Å²) < 4.78 is 16.9. The quantitative estimate of drug-likeness (QED) is 0.0261. The number of rotatable bonds is 60. The van der Waals surface area contributed by atoms with Crippen molar-refractivity contribution in [2.75, 3.05) is 13.2 Å². The standard InChI is InChI=1S/C72H124O6/c1-4-7-10-13-16-19-22-25-28-30-32-34-35-36-37-39-40-42-44-47-50-53-56-59-62-65-71(74)77-68-69(67-76-70(73)64-61-58-55-52-49-46-27-24-21-18-15-12-9-6-3)78-72(75)66-63-60-57-54-51-48-45-43-41-38-33-31-29-26-23-20-17-14-11-8-5-2/h8,11,17,20,24,26-27,29-30,32-33,38,43,45,51,54,69H,4-7,9-10,12-16,18-19,21-23,25,28,31,34-37,39-42,44,46-50,52-53,55-68H2,1-3H3/b11-8-,20-17-,27-24-,29-26-,32-30-,38-33-,45-43-,54-51-. The van der Waals surface area contributed by atoms with Crippen LogP contribution in [0.5, 0.6) is 0 Å². The van der Waals surface area contributed by atoms with Crippen LogP contribution in [0.1, 0.15) is 323 Å². The lowest BCUT2D eigenvalue weighted by molar-refractivity contribution is -0.167. The van der Waals surface area contributed by atoms with E-state index in [1.54, 1.807) is 0 Å². The highest BCUT2D eigenvalue weighted by atomic mass is 16.6. The average Bonchev–Trinajstić information content (AvgIpc) is 3.44. The van der Waals surface area contributed by atoms with Crippen molar-refractivity contribution in [2.24, 2.45) is 0 Å². The number of carbonyl (C=O) groups is 3. The van der Waals surface area contributed by atoms with E-state index < -0.39 is 6.10 Å². The summed E-state index contributed by atoms with van der Waals surface area (Å²) in [4.78, 5) is 38.3. The molecule has 0 amide bonds. The fourth-order valence-corrected chi connectivity index (χ4v) is 9.32. The molecule has 1 atom stereocenters. The minimum Gasteiger partial charge on any atom is -0.462 e. The molecule has 0 saturated heterocycles. The SMILES string of the molecule is CC/C=C\C/C=C\C/C=C\C/C=C\C/C=C\C/C=C\CCCCC(=O)OC(COC(=O)CCCCCCC/C=C\CCCCCCC)COC(=O)CCCCCCCCCCCCCCC/C=C\CCCCCCCCCC. The molecule has 0 rings (SSSR count). The van der Waals surface area contributed by atoms with E-state index in [9.17, 15) is 14.4 Å². The van der Waals surface area contributed by atoms with Gasteiger partial charge in [-0.3, -0.25) is 14.4 Å². The molecule has 0 aromatic carbocycles. The largest absolute Gasteiger partial charge is 0.462 e. The van der Waals surface area contributed by atoms with E-state index in [0.717, 1.165) is 96.3 Å². The van der Waals surface area contributed by atoms with Crippen LogP contribution in [0.4, 0.5) is 0 Å². The Morgan fingerprint density at radius 1 is 0.269 bits per heavy atom. The fourth-order valence-electron chi connectivity index (χ4n) is 9.32. The molecule has 0 aliphatic rings. The van der Waals surface area contributed by atoms with Gasteiger partial charge in [0.1, 0.15) is 13.2 Å². The maximum Gasteiger partial charge on any atom is 0.306 e. The number of unbranched alkanes of at least 4 members (excludes halogenated alkanes) is 33. The Labute approximate surface area is 483 Å². The number of hydrogen-bond acceptors (Lipinski definition) is 6. The van der Waals surface area contributed by atoms with E-state index in [-0.39, 0.29) is 37.5 Å². The van der Waals surface area contributed by atoms with E-state index in [1.165, 1.54) is 180 Å². The van der Waals surface area contributed by atoms with Gasteiger partial charge in [0.2, 0.25) is 0 Å². The Balaban J connectivity index is 4.38. The summed E-state index contributed by atoms with van der Waals surface area (Å²) >= 11 is 0. The second-order valence-corrected chi connectivity index (χ2v) is 22.0. The van der Waals surface area contributed by atoms with Crippen LogP contribution in [0.3, 0.4) is 0 Å². The molecule has 6 heteroatoms. The van der Waals surface area contributed by atoms with Crippen molar-refractivity contribution in [3.63, 3.8) is 0 Å². The predicted octanol–water partition coefficient (Wildman–Crippen LogP) is 22.8. The molecule has 1 unspecified atom stereocenters. The van der Waals surface area contributed by atoms with Crippen LogP contribution in [-0.4, -0.2) is 37.2 Å². The number of ether oxygens (including phenoxy) is 3. The van der Waals surface area contributed by atoms with Crippen LogP contribution >= 0.6 is 0 Å². The molecule has 0 bridgehead atoms. The summed E-state index contributed by atoms with van der Waals surface area (Å²) in [5.41, 5.74) is 0. The van der Waals surface area contributed by atoms with Gasteiger partial charge in [-0.2, -0.15) is 0 Å². The third-order valence-electron chi connectivity index (χ3n) is 14.3. The normalized spacial score (nSPS) is 12.7. The van der Waals surface area contributed by atoms with Gasteiger partial charge in [-0.05, 0) is 122 Å². The molecular formula is C72H124O6. The Morgan fingerprint density at radius 3 is 0.821 bits per heavy atom. The van der Waals surface area contributed by atoms with Crippen molar-refractivity contribution in [3.05, 3.63) is 97.2 Å². The van der Waals surface area contributed by atoms with Gasteiger partial charge in [0, 0.05) is 19.3 Å². The fraction of sp³-hybridized carbons (Fsp3) is 0.736. The first-order chi connectivity index (χ1) is 38.5. The monoisotopic (exact) mass is 1080 g/mol. The average molecular weight is 1090 g/mol. The molecule has 448 valence electrons. The molecule has 0 aromatic rings. The van der Waals surface area contributed by atoms with Crippen molar-refractivity contribution in [1.82, 2.24) is 0 Å². The summed E-state index contributed by atoms with van der Waals surface area (Å²) in [7, 11) is 0. The zero-order chi connectivity index (χ0) is 56.4. The first-order valence-electron chi connectivity index (χ1n) is 33.2. The second-order valence-electron chi connectivity index (χ2n) is 22.0. The minimum absolute atomic E-state index is 0.0967. The molecule has 0 aliphatic heterocycles. The number of hydrogen-bond donors (Lipinski definition) is 0. The van der Waals surface area contributed by atoms with Gasteiger partial charge in [0.05, 0.1) is 0 Å². The molecule has 0 saturated carbocycles. The predicted molar refractivity (Wildman–Crippen MR) is 339 cm³/mol. The molecule has 0 aromatic heterocycles. The van der Waals surface area contributed by atoms with Gasteiger partial charge in [-0.1, -0.05) is 279 Å². The van der Waals surface area contributed by atoms with E-state index >= 15 is 0 Å². The van der Waals surface area contributed by atoms with Crippen LogP contribution in [0.15, 0.2) is 97.2 Å². The topological polar surface area (TPSA) is 78.9 Å². The summed E-state index contributed by atoms with van der Waals surface area (Å²) in [6.45, 7) is 6.50. The van der Waals surface area contributed by atoms with Crippen LogP contribution < -0.4 is 0 Å². The molecule has 0 radical (unpaired) electrons. The highest BCUT2D eigenvalue weighted by molar-refractivity contribution is 5.71. The third-order valence-corrected chi connectivity index (χ3v) is 14.3. The minimum atomic E-state index is -0.806. The van der Waals surface area contributed by atoms with Crippen molar-refractivity contribution in [1.29, 1.82) is 0 Å². The lowest BCUT2D eigenvalue weighted by atomic mass is 10.0. The summed E-state index contributed by atoms with van der Waals surface area (Å²) in [6.07, 6.45) is 88.5. The zero-order valence-electron chi connectivity index (χ0n) is 51.4. The lowest BCUT2D eigenvalue weighted by Gasteiger charge is -2.18. The van der Waals surface area contributed by atoms with Crippen LogP contribution in [0.2, 0.25) is 0 Å². The molecule has 0 spiro atoms. The van der Waals surface area contributed by atoms with Gasteiger partial charge < -0.3 is 14.2 Å². The first-order valence-corrected chi connectivity index (χ1v) is 33.2. The molecule has 0 heterocycles. The molecule has 6 nitrogen and oxygen atoms in total. The maximum atomic E-state index is 12.9. The molecular weight excluding hydrogens is 961 g/mol. The smallest absolute Gasteiger partial charge is 0.306 e. The second kappa shape index (κ2) is 65.8. The van der Waals surface area contributed by atoms with Crippen LogP contribution in [0, 0.1) is 0 Å². The van der Waals surface area contributed by atoms with E-state index in [4.69, 9.17) is 14.2 Å². The maximum absolute atomic E-state index is 12.9. The Hall–Kier alpha value is -3.67. The third kappa shape index (κ3) is 63.2. The van der Waals surface area contributed by atoms with Crippen molar-refractivity contribution >= 4 is 17.9 Å². The van der Waals surface area contributed by atoms with Gasteiger partial charge in [-0.15, -0.1) is 0 Å². The van der Waals surface area contributed by atoms with Crippen molar-refractivity contribution in [3.8, 4) is 0 Å². The Bertz CT molecular complexity index is 1530. The highest BCUT2D eigenvalue weighted by Gasteiger charge is 2.19. The van der Waals surface area contributed by atoms with E-state index in [2.05, 4.69) is 118 Å².